The summed E-state index contributed by atoms with van der Waals surface area (Å²) >= 11 is 1.39. The largest absolute Gasteiger partial charge is 0.467 e. The van der Waals surface area contributed by atoms with Crippen LogP contribution in [0.15, 0.2) is 64.6 Å². The van der Waals surface area contributed by atoms with Crippen LogP contribution in [0.5, 0.6) is 0 Å². The van der Waals surface area contributed by atoms with E-state index >= 15 is 0 Å². The number of aromatic nitrogens is 4. The Morgan fingerprint density at radius 2 is 1.94 bits per heavy atom. The van der Waals surface area contributed by atoms with E-state index in [-0.39, 0.29) is 30.6 Å². The van der Waals surface area contributed by atoms with Gasteiger partial charge in [0.25, 0.3) is 0 Å². The maximum atomic E-state index is 13.6. The van der Waals surface area contributed by atoms with Gasteiger partial charge in [0.2, 0.25) is 17.6 Å². The number of nitrogens with zero attached hydrogens (tertiary/aromatic N) is 5. The summed E-state index contributed by atoms with van der Waals surface area (Å²) in [6, 6.07) is 11.9. The first-order chi connectivity index (χ1) is 16.7. The molecule has 4 rings (SSSR count). The number of halogens is 1. The molecule has 11 heteroatoms. The topological polar surface area (TPSA) is 106 Å². The first-order valence-corrected chi connectivity index (χ1v) is 11.8. The summed E-state index contributed by atoms with van der Waals surface area (Å²) in [6.07, 6.45) is 1.52. The average Bonchev–Trinajstić information content (AvgIpc) is 3.56. The molecule has 0 fully saturated rings. The van der Waals surface area contributed by atoms with Crippen molar-refractivity contribution < 1.29 is 18.4 Å². The number of carbonyl (C=O) groups is 2. The molecule has 4 aromatic rings. The van der Waals surface area contributed by atoms with Gasteiger partial charge in [0.05, 0.1) is 12.8 Å². The summed E-state index contributed by atoms with van der Waals surface area (Å²) in [4.78, 5) is 30.3. The molecule has 3 heterocycles. The molecule has 182 valence electrons. The van der Waals surface area contributed by atoms with Crippen LogP contribution in [0.25, 0.3) is 11.4 Å². The summed E-state index contributed by atoms with van der Waals surface area (Å²) in [7, 11) is 0. The van der Waals surface area contributed by atoms with Crippen LogP contribution in [-0.2, 0) is 22.7 Å². The van der Waals surface area contributed by atoms with Gasteiger partial charge in [0.1, 0.15) is 24.2 Å². The smallest absolute Gasteiger partial charge is 0.248 e. The minimum atomic E-state index is -0.882. The number of hydrogen-bond donors (Lipinski definition) is 1. The van der Waals surface area contributed by atoms with Crippen LogP contribution in [0.3, 0.4) is 0 Å². The predicted molar refractivity (Wildman–Crippen MR) is 127 cm³/mol. The van der Waals surface area contributed by atoms with E-state index in [0.717, 1.165) is 4.80 Å². The molecule has 0 bridgehead atoms. The zero-order valence-corrected chi connectivity index (χ0v) is 20.3. The second kappa shape index (κ2) is 10.2. The molecule has 1 aromatic carbocycles. The van der Waals surface area contributed by atoms with Gasteiger partial charge in [0.15, 0.2) is 0 Å². The second-order valence-corrected chi connectivity index (χ2v) is 9.89. The molecule has 1 atom stereocenters. The molecule has 35 heavy (non-hydrogen) atoms. The van der Waals surface area contributed by atoms with Gasteiger partial charge in [-0.3, -0.25) is 9.59 Å². The van der Waals surface area contributed by atoms with Gasteiger partial charge in [-0.2, -0.15) is 4.80 Å². The predicted octanol–water partition coefficient (Wildman–Crippen LogP) is 3.82. The molecule has 0 saturated carbocycles. The lowest BCUT2D eigenvalue weighted by molar-refractivity contribution is -0.143. The average molecular weight is 497 g/mol. The normalized spacial score (nSPS) is 12.3. The lowest BCUT2D eigenvalue weighted by Gasteiger charge is -2.32. The van der Waals surface area contributed by atoms with Gasteiger partial charge in [-0.15, -0.1) is 21.5 Å². The molecule has 0 aliphatic heterocycles. The highest BCUT2D eigenvalue weighted by molar-refractivity contribution is 7.10. The van der Waals surface area contributed by atoms with Gasteiger partial charge >= 0.3 is 0 Å². The van der Waals surface area contributed by atoms with Crippen LogP contribution in [-0.4, -0.2) is 42.5 Å². The van der Waals surface area contributed by atoms with Crippen LogP contribution in [0.4, 0.5) is 4.39 Å². The van der Waals surface area contributed by atoms with Crippen molar-refractivity contribution in [1.29, 1.82) is 0 Å². The van der Waals surface area contributed by atoms with Crippen LogP contribution >= 0.6 is 11.3 Å². The number of nitrogens with one attached hydrogen (secondary N) is 1. The van der Waals surface area contributed by atoms with Crippen LogP contribution < -0.4 is 5.32 Å². The Labute approximate surface area is 205 Å². The van der Waals surface area contributed by atoms with Crippen molar-refractivity contribution in [1.82, 2.24) is 30.4 Å². The molecule has 2 amide bonds. The molecule has 0 aliphatic rings. The first kappa shape index (κ1) is 24.3. The van der Waals surface area contributed by atoms with E-state index in [1.54, 1.807) is 12.1 Å². The molecular weight excluding hydrogens is 471 g/mol. The number of benzene rings is 1. The lowest BCUT2D eigenvalue weighted by atomic mass is 10.1. The number of carbonyl (C=O) groups excluding carboxylic acids is 2. The van der Waals surface area contributed by atoms with E-state index in [2.05, 4.69) is 20.7 Å². The van der Waals surface area contributed by atoms with Crippen LogP contribution in [0.1, 0.15) is 37.5 Å². The van der Waals surface area contributed by atoms with Crippen molar-refractivity contribution in [2.75, 3.05) is 0 Å². The molecule has 0 unspecified atom stereocenters. The van der Waals surface area contributed by atoms with E-state index in [0.29, 0.717) is 16.2 Å². The van der Waals surface area contributed by atoms with Crippen molar-refractivity contribution in [2.24, 2.45) is 0 Å². The van der Waals surface area contributed by atoms with Gasteiger partial charge in [-0.05, 0) is 73.8 Å². The van der Waals surface area contributed by atoms with Crippen molar-refractivity contribution in [3.8, 4) is 11.4 Å². The summed E-state index contributed by atoms with van der Waals surface area (Å²) in [5.41, 5.74) is 0.0716. The SMILES string of the molecule is CC(C)(C)NC(=O)[C@@H](c1cccs1)N(Cc1ccco1)C(=O)Cn1nnc(-c2ccc(F)cc2)n1. The Morgan fingerprint density at radius 3 is 2.57 bits per heavy atom. The third kappa shape index (κ3) is 6.18. The molecule has 0 saturated heterocycles. The molecule has 1 N–H and O–H groups in total. The fraction of sp³-hybridized carbons (Fsp3) is 0.292. The molecular formula is C24H25FN6O3S. The van der Waals surface area contributed by atoms with Gasteiger partial charge < -0.3 is 14.6 Å². The number of amides is 2. The van der Waals surface area contributed by atoms with E-state index in [4.69, 9.17) is 4.42 Å². The molecule has 9 nitrogen and oxygen atoms in total. The highest BCUT2D eigenvalue weighted by Crippen LogP contribution is 2.28. The van der Waals surface area contributed by atoms with Crippen molar-refractivity contribution >= 4 is 23.2 Å². The molecule has 0 spiro atoms. The summed E-state index contributed by atoms with van der Waals surface area (Å²) in [5, 5.41) is 17.0. The zero-order valence-electron chi connectivity index (χ0n) is 19.5. The highest BCUT2D eigenvalue weighted by Gasteiger charge is 2.35. The minimum absolute atomic E-state index is 0.0749. The number of rotatable bonds is 8. The number of furan rings is 1. The summed E-state index contributed by atoms with van der Waals surface area (Å²) in [5.74, 6) is -0.291. The first-order valence-electron chi connectivity index (χ1n) is 10.9. The fourth-order valence-electron chi connectivity index (χ4n) is 3.44. The van der Waals surface area contributed by atoms with Crippen molar-refractivity contribution in [3.05, 3.63) is 76.6 Å². The minimum Gasteiger partial charge on any atom is -0.467 e. The monoisotopic (exact) mass is 496 g/mol. The molecule has 0 radical (unpaired) electrons. The molecule has 3 aromatic heterocycles. The Hall–Kier alpha value is -3.86. The fourth-order valence-corrected chi connectivity index (χ4v) is 4.27. The van der Waals surface area contributed by atoms with Gasteiger partial charge in [-0.1, -0.05) is 6.07 Å². The quantitative estimate of drug-likeness (QED) is 0.398. The van der Waals surface area contributed by atoms with Crippen molar-refractivity contribution in [3.63, 3.8) is 0 Å². The number of hydrogen-bond acceptors (Lipinski definition) is 7. The second-order valence-electron chi connectivity index (χ2n) is 8.91. The van der Waals surface area contributed by atoms with Crippen molar-refractivity contribution in [2.45, 2.75) is 45.4 Å². The summed E-state index contributed by atoms with van der Waals surface area (Å²) in [6.45, 7) is 5.47. The van der Waals surface area contributed by atoms with E-state index in [1.807, 2.05) is 38.3 Å². The summed E-state index contributed by atoms with van der Waals surface area (Å²) < 4.78 is 18.7. The third-order valence-corrected chi connectivity index (χ3v) is 5.85. The van der Waals surface area contributed by atoms with E-state index < -0.39 is 17.5 Å². The highest BCUT2D eigenvalue weighted by atomic mass is 32.1. The van der Waals surface area contributed by atoms with Crippen LogP contribution in [0.2, 0.25) is 0 Å². The Bertz CT molecular complexity index is 1260. The van der Waals surface area contributed by atoms with Crippen LogP contribution in [0, 0.1) is 5.82 Å². The maximum Gasteiger partial charge on any atom is 0.248 e. The van der Waals surface area contributed by atoms with Gasteiger partial charge in [-0.25, -0.2) is 4.39 Å². The Kier molecular flexibility index (Phi) is 7.06. The van der Waals surface area contributed by atoms with Gasteiger partial charge in [0, 0.05) is 16.0 Å². The number of tetrazole rings is 1. The zero-order chi connectivity index (χ0) is 25.0. The number of thiophene rings is 1. The standard InChI is InChI=1S/C24H25FN6O3S/c1-24(2,3)26-23(33)21(19-7-5-13-35-19)30(14-18-6-4-12-34-18)20(32)15-31-28-22(27-29-31)16-8-10-17(25)11-9-16/h4-13,21H,14-15H2,1-3H3,(H,26,33)/t21-/m1/s1. The Morgan fingerprint density at radius 1 is 1.17 bits per heavy atom. The van der Waals surface area contributed by atoms with E-state index in [9.17, 15) is 14.0 Å². The maximum absolute atomic E-state index is 13.6. The lowest BCUT2D eigenvalue weighted by Crippen LogP contribution is -2.49. The Balaban J connectivity index is 1.63. The third-order valence-electron chi connectivity index (χ3n) is 4.93. The molecule has 0 aliphatic carbocycles. The van der Waals surface area contributed by atoms with E-state index in [1.165, 1.54) is 46.8 Å².